The minimum atomic E-state index is -4.40. The fraction of sp³-hybridized carbons (Fsp3) is 0.429. The average molecular weight is 331 g/mol. The van der Waals surface area contributed by atoms with Crippen molar-refractivity contribution in [2.24, 2.45) is 0 Å². The molecular formula is C14H16F3N3O3. The van der Waals surface area contributed by atoms with E-state index in [2.05, 4.69) is 10.7 Å². The standard InChI is InChI=1S/C14H16F3N3O3/c15-14(16,17)10-3-1-9(2-4-10)7-12(21)18-11-5-6-20(8-11)19-13(22)23/h1-4,11,19H,5-8H2,(H,18,21)(H,22,23)/t11-/m1/s1. The number of carboxylic acid groups (broad SMARTS) is 1. The topological polar surface area (TPSA) is 81.7 Å². The minimum Gasteiger partial charge on any atom is -0.464 e. The summed E-state index contributed by atoms with van der Waals surface area (Å²) in [6, 6.07) is 4.24. The normalized spacial score (nSPS) is 18.7. The van der Waals surface area contributed by atoms with Gasteiger partial charge in [0.2, 0.25) is 5.91 Å². The molecule has 0 aliphatic carbocycles. The van der Waals surface area contributed by atoms with E-state index in [9.17, 15) is 22.8 Å². The van der Waals surface area contributed by atoms with Crippen LogP contribution >= 0.6 is 0 Å². The molecule has 2 amide bonds. The van der Waals surface area contributed by atoms with Gasteiger partial charge in [0.1, 0.15) is 0 Å². The molecular weight excluding hydrogens is 315 g/mol. The molecule has 1 fully saturated rings. The highest BCUT2D eigenvalue weighted by Crippen LogP contribution is 2.29. The van der Waals surface area contributed by atoms with Gasteiger partial charge in [0.25, 0.3) is 0 Å². The van der Waals surface area contributed by atoms with Crippen LogP contribution in [0.2, 0.25) is 0 Å². The SMILES string of the molecule is O=C(O)NN1CC[C@@H](NC(=O)Cc2ccc(C(F)(F)F)cc2)C1. The summed E-state index contributed by atoms with van der Waals surface area (Å²) in [7, 11) is 0. The van der Waals surface area contributed by atoms with E-state index in [-0.39, 0.29) is 18.4 Å². The molecule has 1 atom stereocenters. The summed E-state index contributed by atoms with van der Waals surface area (Å²) in [6.45, 7) is 0.836. The zero-order valence-corrected chi connectivity index (χ0v) is 12.1. The van der Waals surface area contributed by atoms with Crippen LogP contribution in [0, 0.1) is 0 Å². The predicted molar refractivity (Wildman–Crippen MR) is 74.4 cm³/mol. The highest BCUT2D eigenvalue weighted by molar-refractivity contribution is 5.79. The third-order valence-electron chi connectivity index (χ3n) is 3.45. The van der Waals surface area contributed by atoms with E-state index >= 15 is 0 Å². The number of nitrogens with one attached hydrogen (secondary N) is 2. The number of alkyl halides is 3. The molecule has 9 heteroatoms. The molecule has 1 heterocycles. The van der Waals surface area contributed by atoms with Gasteiger partial charge in [0.15, 0.2) is 0 Å². The number of amides is 2. The molecule has 0 unspecified atom stereocenters. The Hall–Kier alpha value is -2.29. The highest BCUT2D eigenvalue weighted by Gasteiger charge is 2.30. The van der Waals surface area contributed by atoms with Crippen molar-refractivity contribution >= 4 is 12.0 Å². The van der Waals surface area contributed by atoms with Gasteiger partial charge < -0.3 is 10.4 Å². The number of hydrogen-bond donors (Lipinski definition) is 3. The summed E-state index contributed by atoms with van der Waals surface area (Å²) in [4.78, 5) is 22.4. The first-order chi connectivity index (χ1) is 10.7. The van der Waals surface area contributed by atoms with E-state index in [1.54, 1.807) is 0 Å². The molecule has 6 nitrogen and oxygen atoms in total. The summed E-state index contributed by atoms with van der Waals surface area (Å²) in [5, 5.41) is 12.8. The van der Waals surface area contributed by atoms with Crippen molar-refractivity contribution in [3.63, 3.8) is 0 Å². The number of carbonyl (C=O) groups is 2. The van der Waals surface area contributed by atoms with E-state index in [0.717, 1.165) is 12.1 Å². The third kappa shape index (κ3) is 5.13. The van der Waals surface area contributed by atoms with Gasteiger partial charge in [0.05, 0.1) is 12.0 Å². The van der Waals surface area contributed by atoms with Crippen LogP contribution in [-0.2, 0) is 17.4 Å². The van der Waals surface area contributed by atoms with Crippen LogP contribution in [0.5, 0.6) is 0 Å². The Balaban J connectivity index is 1.82. The first-order valence-electron chi connectivity index (χ1n) is 6.94. The van der Waals surface area contributed by atoms with Gasteiger partial charge in [-0.25, -0.2) is 9.80 Å². The van der Waals surface area contributed by atoms with Crippen LogP contribution in [0.15, 0.2) is 24.3 Å². The van der Waals surface area contributed by atoms with Gasteiger partial charge in [-0.2, -0.15) is 13.2 Å². The maximum Gasteiger partial charge on any atom is 0.419 e. The molecule has 0 spiro atoms. The largest absolute Gasteiger partial charge is 0.464 e. The van der Waals surface area contributed by atoms with E-state index in [4.69, 9.17) is 5.11 Å². The lowest BCUT2D eigenvalue weighted by Gasteiger charge is -2.16. The molecule has 0 bridgehead atoms. The Kier molecular flexibility index (Phi) is 5.09. The van der Waals surface area contributed by atoms with Crippen LogP contribution in [0.4, 0.5) is 18.0 Å². The number of rotatable bonds is 4. The van der Waals surface area contributed by atoms with Crippen molar-refractivity contribution in [1.82, 2.24) is 15.8 Å². The molecule has 1 saturated heterocycles. The minimum absolute atomic E-state index is 0.0268. The van der Waals surface area contributed by atoms with E-state index < -0.39 is 17.8 Å². The van der Waals surface area contributed by atoms with Crippen LogP contribution in [0.25, 0.3) is 0 Å². The fourth-order valence-corrected chi connectivity index (χ4v) is 2.39. The summed E-state index contributed by atoms with van der Waals surface area (Å²) >= 11 is 0. The van der Waals surface area contributed by atoms with Crippen molar-refractivity contribution in [3.05, 3.63) is 35.4 Å². The van der Waals surface area contributed by atoms with Gasteiger partial charge in [-0.15, -0.1) is 0 Å². The maximum absolute atomic E-state index is 12.4. The van der Waals surface area contributed by atoms with E-state index in [1.165, 1.54) is 17.1 Å². The van der Waals surface area contributed by atoms with Gasteiger partial charge in [0, 0.05) is 19.1 Å². The lowest BCUT2D eigenvalue weighted by Crippen LogP contribution is -2.43. The molecule has 1 aromatic rings. The van der Waals surface area contributed by atoms with Gasteiger partial charge >= 0.3 is 12.3 Å². The molecule has 1 aliphatic rings. The Morgan fingerprint density at radius 3 is 2.48 bits per heavy atom. The number of hydrogen-bond acceptors (Lipinski definition) is 3. The number of carbonyl (C=O) groups excluding carboxylic acids is 1. The number of benzene rings is 1. The van der Waals surface area contributed by atoms with Crippen molar-refractivity contribution < 1.29 is 27.9 Å². The molecule has 1 aliphatic heterocycles. The number of hydrazine groups is 1. The van der Waals surface area contributed by atoms with Gasteiger partial charge in [-0.3, -0.25) is 10.2 Å². The average Bonchev–Trinajstić information content (AvgIpc) is 2.84. The molecule has 2 rings (SSSR count). The lowest BCUT2D eigenvalue weighted by atomic mass is 10.1. The van der Waals surface area contributed by atoms with Crippen LogP contribution in [0.3, 0.4) is 0 Å². The number of nitrogens with zero attached hydrogens (tertiary/aromatic N) is 1. The van der Waals surface area contributed by atoms with Gasteiger partial charge in [-0.05, 0) is 24.1 Å². The van der Waals surface area contributed by atoms with E-state index in [1.807, 2.05) is 0 Å². The van der Waals surface area contributed by atoms with Crippen molar-refractivity contribution in [2.75, 3.05) is 13.1 Å². The predicted octanol–water partition coefficient (Wildman–Crippen LogP) is 1.62. The molecule has 126 valence electrons. The monoisotopic (exact) mass is 331 g/mol. The molecule has 23 heavy (non-hydrogen) atoms. The van der Waals surface area contributed by atoms with E-state index in [0.29, 0.717) is 25.1 Å². The Bertz CT molecular complexity index is 575. The lowest BCUT2D eigenvalue weighted by molar-refractivity contribution is -0.137. The summed E-state index contributed by atoms with van der Waals surface area (Å²) in [5.74, 6) is -0.313. The second-order valence-corrected chi connectivity index (χ2v) is 5.29. The Morgan fingerprint density at radius 2 is 1.91 bits per heavy atom. The van der Waals surface area contributed by atoms with Crippen LogP contribution in [0.1, 0.15) is 17.5 Å². The molecule has 0 radical (unpaired) electrons. The second-order valence-electron chi connectivity index (χ2n) is 5.29. The fourth-order valence-electron chi connectivity index (χ4n) is 2.39. The van der Waals surface area contributed by atoms with Crippen molar-refractivity contribution in [1.29, 1.82) is 0 Å². The quantitative estimate of drug-likeness (QED) is 0.783. The summed E-state index contributed by atoms with van der Waals surface area (Å²) in [5.41, 5.74) is 1.93. The molecule has 1 aromatic carbocycles. The second kappa shape index (κ2) is 6.86. The zero-order chi connectivity index (χ0) is 17.0. The molecule has 0 aromatic heterocycles. The molecule has 3 N–H and O–H groups in total. The first kappa shape index (κ1) is 17.1. The van der Waals surface area contributed by atoms with Crippen LogP contribution < -0.4 is 10.7 Å². The Morgan fingerprint density at radius 1 is 1.26 bits per heavy atom. The number of halogens is 3. The third-order valence-corrected chi connectivity index (χ3v) is 3.45. The highest BCUT2D eigenvalue weighted by atomic mass is 19.4. The maximum atomic E-state index is 12.4. The summed E-state index contributed by atoms with van der Waals surface area (Å²) < 4.78 is 37.3. The first-order valence-corrected chi connectivity index (χ1v) is 6.94. The summed E-state index contributed by atoms with van der Waals surface area (Å²) in [6.07, 6.45) is -4.99. The Labute approximate surface area is 130 Å². The smallest absolute Gasteiger partial charge is 0.419 e. The van der Waals surface area contributed by atoms with Crippen molar-refractivity contribution in [3.8, 4) is 0 Å². The zero-order valence-electron chi connectivity index (χ0n) is 12.1. The van der Waals surface area contributed by atoms with Gasteiger partial charge in [-0.1, -0.05) is 12.1 Å². The molecule has 0 saturated carbocycles. The van der Waals surface area contributed by atoms with Crippen molar-refractivity contribution in [2.45, 2.75) is 25.1 Å². The van der Waals surface area contributed by atoms with Crippen LogP contribution in [-0.4, -0.2) is 41.2 Å².